The molecule has 4 heterocycles. The van der Waals surface area contributed by atoms with Crippen molar-refractivity contribution in [3.05, 3.63) is 59.7 Å². The van der Waals surface area contributed by atoms with E-state index in [0.29, 0.717) is 30.9 Å². The van der Waals surface area contributed by atoms with E-state index in [0.717, 1.165) is 43.7 Å². The van der Waals surface area contributed by atoms with Crippen molar-refractivity contribution in [3.63, 3.8) is 0 Å². The summed E-state index contributed by atoms with van der Waals surface area (Å²) in [5.74, 6) is 0.330. The zero-order valence-electron chi connectivity index (χ0n) is 17.7. The molecular weight excluding hydrogens is 411 g/mol. The summed E-state index contributed by atoms with van der Waals surface area (Å²) in [5.41, 5.74) is 1.84. The summed E-state index contributed by atoms with van der Waals surface area (Å²) in [6.07, 6.45) is 4.86. The second-order valence-corrected chi connectivity index (χ2v) is 8.25. The fourth-order valence-electron chi connectivity index (χ4n) is 4.61. The third-order valence-corrected chi connectivity index (χ3v) is 6.20. The van der Waals surface area contributed by atoms with Crippen molar-refractivity contribution >= 4 is 23.3 Å². The Balaban J connectivity index is 1.34. The fraction of sp³-hybridized carbons (Fsp3) is 0.391. The van der Waals surface area contributed by atoms with Crippen LogP contribution < -0.4 is 10.2 Å². The van der Waals surface area contributed by atoms with E-state index in [-0.39, 0.29) is 23.7 Å². The Kier molecular flexibility index (Phi) is 5.46. The minimum absolute atomic E-state index is 0.0365. The maximum absolute atomic E-state index is 13.8. The van der Waals surface area contributed by atoms with Crippen molar-refractivity contribution < 1.29 is 14.0 Å². The largest absolute Gasteiger partial charge is 0.349 e. The number of nitrogens with zero attached hydrogens (tertiary/aromatic N) is 5. The molecule has 2 amide bonds. The van der Waals surface area contributed by atoms with Crippen LogP contribution in [0.3, 0.4) is 0 Å². The Morgan fingerprint density at radius 2 is 2.09 bits per heavy atom. The van der Waals surface area contributed by atoms with Crippen LogP contribution in [0, 0.1) is 5.82 Å². The molecule has 1 atom stereocenters. The number of carbonyl (C=O) groups is 2. The zero-order chi connectivity index (χ0) is 22.1. The number of nitrogens with one attached hydrogen (secondary N) is 1. The molecule has 2 aliphatic heterocycles. The number of benzene rings is 1. The third kappa shape index (κ3) is 3.90. The molecule has 0 unspecified atom stereocenters. The van der Waals surface area contributed by atoms with E-state index < -0.39 is 0 Å². The average molecular weight is 436 g/mol. The molecule has 2 aromatic heterocycles. The minimum atomic E-state index is -0.281. The van der Waals surface area contributed by atoms with Gasteiger partial charge in [0, 0.05) is 32.6 Å². The first-order valence-corrected chi connectivity index (χ1v) is 11.0. The number of halogens is 1. The molecule has 2 fully saturated rings. The first kappa shape index (κ1) is 20.4. The highest BCUT2D eigenvalue weighted by atomic mass is 19.1. The Hall–Kier alpha value is -3.49. The molecule has 2 aliphatic rings. The quantitative estimate of drug-likeness (QED) is 0.642. The van der Waals surface area contributed by atoms with Crippen molar-refractivity contribution in [2.45, 2.75) is 31.7 Å². The number of anilines is 1. The summed E-state index contributed by atoms with van der Waals surface area (Å²) < 4.78 is 15.3. The molecule has 32 heavy (non-hydrogen) atoms. The van der Waals surface area contributed by atoms with E-state index >= 15 is 0 Å². The van der Waals surface area contributed by atoms with Crippen molar-refractivity contribution in [2.24, 2.45) is 0 Å². The highest BCUT2D eigenvalue weighted by molar-refractivity contribution is 5.93. The van der Waals surface area contributed by atoms with E-state index in [9.17, 15) is 14.0 Å². The van der Waals surface area contributed by atoms with Crippen LogP contribution in [0.1, 0.15) is 47.8 Å². The van der Waals surface area contributed by atoms with Crippen LogP contribution in [0.5, 0.6) is 0 Å². The molecule has 1 N–H and O–H groups in total. The summed E-state index contributed by atoms with van der Waals surface area (Å²) >= 11 is 0. The van der Waals surface area contributed by atoms with Crippen LogP contribution in [-0.4, -0.2) is 57.5 Å². The van der Waals surface area contributed by atoms with Crippen molar-refractivity contribution in [2.75, 3.05) is 31.1 Å². The number of rotatable bonds is 6. The summed E-state index contributed by atoms with van der Waals surface area (Å²) in [7, 11) is 0. The van der Waals surface area contributed by atoms with Gasteiger partial charge in [0.05, 0.1) is 12.2 Å². The summed E-state index contributed by atoms with van der Waals surface area (Å²) in [5, 5.41) is 7.56. The molecular formula is C23H25FN6O2. The molecule has 0 saturated carbocycles. The minimum Gasteiger partial charge on any atom is -0.349 e. The van der Waals surface area contributed by atoms with Gasteiger partial charge in [-0.3, -0.25) is 9.59 Å². The first-order valence-electron chi connectivity index (χ1n) is 11.0. The Morgan fingerprint density at radius 1 is 1.19 bits per heavy atom. The van der Waals surface area contributed by atoms with Crippen LogP contribution in [0.15, 0.2) is 42.6 Å². The molecule has 0 spiro atoms. The summed E-state index contributed by atoms with van der Waals surface area (Å²) in [4.78, 5) is 32.7. The zero-order valence-corrected chi connectivity index (χ0v) is 17.7. The smallest absolute Gasteiger partial charge is 0.271 e. The van der Waals surface area contributed by atoms with E-state index in [1.165, 1.54) is 12.3 Å². The molecule has 1 aromatic carbocycles. The lowest BCUT2D eigenvalue weighted by Gasteiger charge is -2.26. The Morgan fingerprint density at radius 3 is 2.91 bits per heavy atom. The van der Waals surface area contributed by atoms with Gasteiger partial charge in [-0.15, -0.1) is 5.10 Å². The van der Waals surface area contributed by atoms with Gasteiger partial charge in [-0.05, 0) is 49.1 Å². The number of hydrogen-bond donors (Lipinski definition) is 1. The van der Waals surface area contributed by atoms with Crippen molar-refractivity contribution in [1.29, 1.82) is 0 Å². The topological polar surface area (TPSA) is 82.8 Å². The van der Waals surface area contributed by atoms with Gasteiger partial charge in [-0.2, -0.15) is 0 Å². The SMILES string of the molecule is O=C(NCCN1CCCC1=O)c1cnc2ccc(N3CCC[C@@H]3c3cccc(F)c3)nn12. The molecule has 166 valence electrons. The molecule has 0 aliphatic carbocycles. The number of amides is 2. The standard InChI is InChI=1S/C23H25FN6O2/c24-17-5-1-4-16(14-17)18-6-2-12-29(18)21-9-8-20-26-15-19(30(20)27-21)23(32)25-10-13-28-11-3-7-22(28)31/h1,4-5,8-9,14-15,18H,2-3,6-7,10-13H2,(H,25,32)/t18-/m1/s1. The highest BCUT2D eigenvalue weighted by Gasteiger charge is 2.28. The van der Waals surface area contributed by atoms with E-state index in [1.807, 2.05) is 18.2 Å². The Bertz CT molecular complexity index is 1160. The number of carbonyl (C=O) groups excluding carboxylic acids is 2. The predicted molar refractivity (Wildman–Crippen MR) is 117 cm³/mol. The monoisotopic (exact) mass is 436 g/mol. The lowest BCUT2D eigenvalue weighted by Crippen LogP contribution is -2.36. The predicted octanol–water partition coefficient (Wildman–Crippen LogP) is 2.56. The maximum Gasteiger partial charge on any atom is 0.271 e. The van der Waals surface area contributed by atoms with E-state index in [4.69, 9.17) is 5.10 Å². The average Bonchev–Trinajstić information content (AvgIpc) is 3.53. The lowest BCUT2D eigenvalue weighted by atomic mass is 10.0. The van der Waals surface area contributed by atoms with Crippen LogP contribution in [0.4, 0.5) is 10.2 Å². The third-order valence-electron chi connectivity index (χ3n) is 6.20. The van der Waals surface area contributed by atoms with Gasteiger partial charge in [0.25, 0.3) is 5.91 Å². The van der Waals surface area contributed by atoms with Crippen LogP contribution in [-0.2, 0) is 4.79 Å². The van der Waals surface area contributed by atoms with E-state index in [2.05, 4.69) is 15.2 Å². The van der Waals surface area contributed by atoms with Gasteiger partial charge < -0.3 is 15.1 Å². The van der Waals surface area contributed by atoms with Gasteiger partial charge in [0.2, 0.25) is 5.91 Å². The number of hydrogen-bond acceptors (Lipinski definition) is 5. The number of fused-ring (bicyclic) bond motifs is 1. The van der Waals surface area contributed by atoms with Gasteiger partial charge >= 0.3 is 0 Å². The molecule has 5 rings (SSSR count). The second-order valence-electron chi connectivity index (χ2n) is 8.25. The Labute approximate surface area is 185 Å². The fourth-order valence-corrected chi connectivity index (χ4v) is 4.61. The van der Waals surface area contributed by atoms with Crippen LogP contribution >= 0.6 is 0 Å². The number of aromatic nitrogens is 3. The van der Waals surface area contributed by atoms with Crippen molar-refractivity contribution in [1.82, 2.24) is 24.8 Å². The first-order chi connectivity index (χ1) is 15.6. The number of imidazole rings is 1. The molecule has 0 radical (unpaired) electrons. The van der Waals surface area contributed by atoms with Crippen LogP contribution in [0.25, 0.3) is 5.65 Å². The molecule has 8 nitrogen and oxygen atoms in total. The molecule has 9 heteroatoms. The van der Waals surface area contributed by atoms with Crippen molar-refractivity contribution in [3.8, 4) is 0 Å². The van der Waals surface area contributed by atoms with Gasteiger partial charge in [-0.25, -0.2) is 13.9 Å². The van der Waals surface area contributed by atoms with Crippen LogP contribution in [0.2, 0.25) is 0 Å². The van der Waals surface area contributed by atoms with E-state index in [1.54, 1.807) is 21.5 Å². The van der Waals surface area contributed by atoms with Gasteiger partial charge in [-0.1, -0.05) is 12.1 Å². The molecule has 2 saturated heterocycles. The van der Waals surface area contributed by atoms with Gasteiger partial charge in [0.1, 0.15) is 11.6 Å². The second kappa shape index (κ2) is 8.57. The van der Waals surface area contributed by atoms with Gasteiger partial charge in [0.15, 0.2) is 11.3 Å². The highest BCUT2D eigenvalue weighted by Crippen LogP contribution is 2.35. The summed E-state index contributed by atoms with van der Waals surface area (Å²) in [6.45, 7) is 2.44. The maximum atomic E-state index is 13.8. The summed E-state index contributed by atoms with van der Waals surface area (Å²) in [6, 6.07) is 10.4. The molecule has 3 aromatic rings. The normalized spacial score (nSPS) is 18.7. The number of likely N-dealkylation sites (tertiary alicyclic amines) is 1. The lowest BCUT2D eigenvalue weighted by molar-refractivity contribution is -0.127. The molecule has 0 bridgehead atoms.